The van der Waals surface area contributed by atoms with Gasteiger partial charge in [-0.05, 0) is 49.7 Å². The average molecular weight is 426 g/mol. The molecular weight excluding hydrogens is 406 g/mol. The third-order valence-corrected chi connectivity index (χ3v) is 4.83. The van der Waals surface area contributed by atoms with Crippen molar-refractivity contribution in [2.45, 2.75) is 20.0 Å². The first-order valence-electron chi connectivity index (χ1n) is 8.48. The van der Waals surface area contributed by atoms with Crippen LogP contribution in [0.1, 0.15) is 28.6 Å². The maximum atomic E-state index is 12.1. The van der Waals surface area contributed by atoms with E-state index in [-0.39, 0.29) is 0 Å². The lowest BCUT2D eigenvalue weighted by Crippen LogP contribution is -2.25. The van der Waals surface area contributed by atoms with E-state index in [0.717, 1.165) is 27.1 Å². The molecule has 5 nitrogen and oxygen atoms in total. The maximum Gasteiger partial charge on any atom is 0.273 e. The van der Waals surface area contributed by atoms with Gasteiger partial charge in [-0.15, -0.1) is 0 Å². The van der Waals surface area contributed by atoms with Crippen LogP contribution in [-0.2, 0) is 4.79 Å². The van der Waals surface area contributed by atoms with Gasteiger partial charge in [0.25, 0.3) is 5.91 Å². The van der Waals surface area contributed by atoms with Crippen molar-refractivity contribution in [2.24, 2.45) is 5.10 Å². The predicted molar refractivity (Wildman–Crippen MR) is 110 cm³/mol. The lowest BCUT2D eigenvalue weighted by molar-refractivity contribution is -0.129. The zero-order valence-corrected chi connectivity index (χ0v) is 16.6. The van der Waals surface area contributed by atoms with Crippen molar-refractivity contribution in [1.82, 2.24) is 9.99 Å². The number of rotatable bonds is 5. The number of amides is 1. The maximum absolute atomic E-state index is 12.1. The largest absolute Gasteiger partial charge is 0.378 e. The molecule has 0 aliphatic heterocycles. The number of aromatic nitrogens is 1. The number of nitrogens with zero attached hydrogens (tertiary/aromatic N) is 2. The van der Waals surface area contributed by atoms with Gasteiger partial charge in [0, 0.05) is 27.1 Å². The summed E-state index contributed by atoms with van der Waals surface area (Å²) >= 11 is 3.45. The van der Waals surface area contributed by atoms with Crippen LogP contribution in [0.5, 0.6) is 0 Å². The van der Waals surface area contributed by atoms with E-state index in [2.05, 4.69) is 31.0 Å². The molecule has 0 spiro atoms. The molecule has 0 bridgehead atoms. The first kappa shape index (κ1) is 19.1. The van der Waals surface area contributed by atoms with Gasteiger partial charge in [0.1, 0.15) is 0 Å². The van der Waals surface area contributed by atoms with E-state index in [1.165, 1.54) is 0 Å². The number of benzene rings is 2. The molecule has 0 saturated heterocycles. The Kier molecular flexibility index (Phi) is 5.88. The molecule has 2 aromatic carbocycles. The number of aliphatic hydroxyl groups excluding tert-OH is 1. The number of hydrogen-bond acceptors (Lipinski definition) is 3. The second-order valence-corrected chi connectivity index (χ2v) is 7.10. The summed E-state index contributed by atoms with van der Waals surface area (Å²) in [4.78, 5) is 12.1. The van der Waals surface area contributed by atoms with Gasteiger partial charge in [0.2, 0.25) is 0 Å². The zero-order valence-electron chi connectivity index (χ0n) is 15.1. The highest BCUT2D eigenvalue weighted by atomic mass is 79.9. The summed E-state index contributed by atoms with van der Waals surface area (Å²) in [6.45, 7) is 4.02. The van der Waals surface area contributed by atoms with Crippen LogP contribution in [0.4, 0.5) is 0 Å². The van der Waals surface area contributed by atoms with Gasteiger partial charge in [-0.1, -0.05) is 46.3 Å². The summed E-state index contributed by atoms with van der Waals surface area (Å²) in [5, 5.41) is 14.1. The fraction of sp³-hybridized carbons (Fsp3) is 0.143. The summed E-state index contributed by atoms with van der Waals surface area (Å²) in [6, 6.07) is 18.8. The van der Waals surface area contributed by atoms with E-state index >= 15 is 0 Å². The van der Waals surface area contributed by atoms with E-state index in [0.29, 0.717) is 5.56 Å². The number of nitrogens with one attached hydrogen (secondary N) is 1. The molecule has 0 aliphatic carbocycles. The fourth-order valence-corrected chi connectivity index (χ4v) is 3.18. The minimum Gasteiger partial charge on any atom is -0.378 e. The molecule has 0 unspecified atom stereocenters. The van der Waals surface area contributed by atoms with Crippen LogP contribution in [0.2, 0.25) is 0 Å². The highest BCUT2D eigenvalue weighted by molar-refractivity contribution is 9.10. The first-order chi connectivity index (χ1) is 13.0. The number of aryl methyl sites for hydroxylation is 1. The Hall–Kier alpha value is -2.70. The molecule has 0 saturated carbocycles. The molecule has 3 aromatic rings. The van der Waals surface area contributed by atoms with Crippen LogP contribution in [0.25, 0.3) is 5.69 Å². The van der Waals surface area contributed by atoms with Gasteiger partial charge in [-0.25, -0.2) is 5.43 Å². The van der Waals surface area contributed by atoms with E-state index < -0.39 is 12.0 Å². The normalized spacial score (nSPS) is 12.3. The SMILES string of the molecule is Cc1cc(/C=N\NC(=O)[C@H](O)c2ccccc2)c(C)n1-c1ccc(Br)cc1. The van der Waals surface area contributed by atoms with Crippen LogP contribution in [0.3, 0.4) is 0 Å². The Labute approximate surface area is 166 Å². The molecule has 0 fully saturated rings. The lowest BCUT2D eigenvalue weighted by atomic mass is 10.1. The van der Waals surface area contributed by atoms with Crippen molar-refractivity contribution in [3.05, 3.63) is 87.7 Å². The third-order valence-electron chi connectivity index (χ3n) is 4.30. The number of carbonyl (C=O) groups excluding carboxylic acids is 1. The van der Waals surface area contributed by atoms with Crippen molar-refractivity contribution in [1.29, 1.82) is 0 Å². The van der Waals surface area contributed by atoms with E-state index in [9.17, 15) is 9.90 Å². The van der Waals surface area contributed by atoms with Gasteiger partial charge in [-0.2, -0.15) is 5.10 Å². The van der Waals surface area contributed by atoms with Gasteiger partial charge >= 0.3 is 0 Å². The smallest absolute Gasteiger partial charge is 0.273 e. The third kappa shape index (κ3) is 4.35. The second kappa shape index (κ2) is 8.33. The van der Waals surface area contributed by atoms with Gasteiger partial charge in [-0.3, -0.25) is 4.79 Å². The van der Waals surface area contributed by atoms with E-state index in [1.807, 2.05) is 50.2 Å². The molecule has 1 heterocycles. The predicted octanol–water partition coefficient (Wildman–Crippen LogP) is 4.04. The molecular formula is C21H20BrN3O2. The molecule has 138 valence electrons. The average Bonchev–Trinajstić information content (AvgIpc) is 2.96. The Bertz CT molecular complexity index is 963. The van der Waals surface area contributed by atoms with E-state index in [1.54, 1.807) is 30.5 Å². The standard InChI is InChI=1S/C21H20BrN3O2/c1-14-12-17(15(2)25(14)19-10-8-18(22)9-11-19)13-23-24-21(27)20(26)16-6-4-3-5-7-16/h3-13,20,26H,1-2H3,(H,24,27)/b23-13-/t20-/m1/s1. The van der Waals surface area contributed by atoms with Gasteiger partial charge < -0.3 is 9.67 Å². The van der Waals surface area contributed by atoms with Crippen molar-refractivity contribution in [3.63, 3.8) is 0 Å². The van der Waals surface area contributed by atoms with Crippen LogP contribution < -0.4 is 5.43 Å². The zero-order chi connectivity index (χ0) is 19.4. The molecule has 27 heavy (non-hydrogen) atoms. The second-order valence-electron chi connectivity index (χ2n) is 6.19. The van der Waals surface area contributed by atoms with Crippen molar-refractivity contribution >= 4 is 28.1 Å². The Morgan fingerprint density at radius 3 is 2.48 bits per heavy atom. The summed E-state index contributed by atoms with van der Waals surface area (Å²) in [7, 11) is 0. The van der Waals surface area contributed by atoms with Crippen LogP contribution >= 0.6 is 15.9 Å². The highest BCUT2D eigenvalue weighted by Gasteiger charge is 2.16. The molecule has 0 aliphatic rings. The van der Waals surface area contributed by atoms with Crippen LogP contribution in [0, 0.1) is 13.8 Å². The minimum absolute atomic E-state index is 0.526. The fourth-order valence-electron chi connectivity index (χ4n) is 2.92. The number of carbonyl (C=O) groups is 1. The number of halogens is 1. The van der Waals surface area contributed by atoms with E-state index in [4.69, 9.17) is 0 Å². The summed E-state index contributed by atoms with van der Waals surface area (Å²) in [5.74, 6) is -0.570. The van der Waals surface area contributed by atoms with Crippen molar-refractivity contribution in [2.75, 3.05) is 0 Å². The molecule has 0 radical (unpaired) electrons. The number of aliphatic hydroxyl groups is 1. The van der Waals surface area contributed by atoms with Crippen LogP contribution in [-0.4, -0.2) is 21.8 Å². The van der Waals surface area contributed by atoms with Gasteiger partial charge in [0.05, 0.1) is 6.21 Å². The summed E-state index contributed by atoms with van der Waals surface area (Å²) in [5.41, 5.74) is 6.94. The molecule has 2 N–H and O–H groups in total. The van der Waals surface area contributed by atoms with Crippen molar-refractivity contribution < 1.29 is 9.90 Å². The molecule has 6 heteroatoms. The highest BCUT2D eigenvalue weighted by Crippen LogP contribution is 2.21. The molecule has 1 atom stereocenters. The Balaban J connectivity index is 1.73. The minimum atomic E-state index is -1.25. The topological polar surface area (TPSA) is 66.6 Å². The molecule has 3 rings (SSSR count). The summed E-state index contributed by atoms with van der Waals surface area (Å²) in [6.07, 6.45) is 0.339. The van der Waals surface area contributed by atoms with Crippen LogP contribution in [0.15, 0.2) is 70.2 Å². The molecule has 1 amide bonds. The number of hydrazone groups is 1. The monoisotopic (exact) mass is 425 g/mol. The summed E-state index contributed by atoms with van der Waals surface area (Å²) < 4.78 is 3.14. The van der Waals surface area contributed by atoms with Gasteiger partial charge in [0.15, 0.2) is 6.10 Å². The molecule has 1 aromatic heterocycles. The first-order valence-corrected chi connectivity index (χ1v) is 9.27. The lowest BCUT2D eigenvalue weighted by Gasteiger charge is -2.10. The Morgan fingerprint density at radius 1 is 1.15 bits per heavy atom. The quantitative estimate of drug-likeness (QED) is 0.478. The number of hydrogen-bond donors (Lipinski definition) is 2. The Morgan fingerprint density at radius 2 is 1.81 bits per heavy atom. The van der Waals surface area contributed by atoms with Crippen molar-refractivity contribution in [3.8, 4) is 5.69 Å².